The van der Waals surface area contributed by atoms with Crippen LogP contribution in [0, 0.1) is 0 Å². The molecule has 0 aliphatic carbocycles. The lowest BCUT2D eigenvalue weighted by atomic mass is 9.77. The van der Waals surface area contributed by atoms with E-state index >= 15 is 0 Å². The first-order chi connectivity index (χ1) is 7.25. The van der Waals surface area contributed by atoms with Gasteiger partial charge < -0.3 is 20.7 Å². The quantitative estimate of drug-likeness (QED) is 0.548. The predicted octanol–water partition coefficient (Wildman–Crippen LogP) is -0.935. The van der Waals surface area contributed by atoms with E-state index in [9.17, 15) is 9.18 Å². The fourth-order valence-electron chi connectivity index (χ4n) is 1.85. The average Bonchev–Trinajstić information content (AvgIpc) is 2.62. The van der Waals surface area contributed by atoms with Gasteiger partial charge in [-0.2, -0.15) is 0 Å². The lowest BCUT2D eigenvalue weighted by Gasteiger charge is -2.30. The molecule has 0 aromatic rings. The van der Waals surface area contributed by atoms with Gasteiger partial charge in [0, 0.05) is 6.54 Å². The number of nitrogens with zero attached hydrogens (tertiary/aromatic N) is 1. The highest BCUT2D eigenvalue weighted by atomic mass is 19.1. The Balaban J connectivity index is 2.74. The molecule has 92 valence electrons. The molecule has 0 aromatic carbocycles. The summed E-state index contributed by atoms with van der Waals surface area (Å²) in [6.07, 6.45) is 1.18. The predicted molar refractivity (Wildman–Crippen MR) is 58.1 cm³/mol. The second-order valence-corrected chi connectivity index (χ2v) is 4.70. The Hall–Kier alpha value is -0.655. The maximum atomic E-state index is 13.5. The summed E-state index contributed by atoms with van der Waals surface area (Å²) in [4.78, 5) is 13.1. The lowest BCUT2D eigenvalue weighted by Crippen LogP contribution is -2.56. The van der Waals surface area contributed by atoms with Gasteiger partial charge in [0.25, 0.3) is 0 Å². The molecule has 1 saturated heterocycles. The fraction of sp³-hybridized carbons (Fsp3) is 0.889. The highest BCUT2D eigenvalue weighted by Crippen LogP contribution is 2.22. The molecule has 0 radical (unpaired) electrons. The number of hydrogen-bond donors (Lipinski definition) is 3. The van der Waals surface area contributed by atoms with E-state index in [2.05, 4.69) is 0 Å². The van der Waals surface area contributed by atoms with E-state index in [0.29, 0.717) is 19.4 Å². The standard InChI is InChI=1S/C9H18BFN2O3/c1-9(2,11)7(12)8(14)13-5-3-4-6(13)10(15)16/h6-7,15-16H,3-5,12H2,1-2H3/t6-,7?/m0/s1. The molecule has 7 heteroatoms. The molecule has 2 atom stereocenters. The van der Waals surface area contributed by atoms with Crippen LogP contribution < -0.4 is 5.73 Å². The smallest absolute Gasteiger partial charge is 0.426 e. The molecule has 0 saturated carbocycles. The van der Waals surface area contributed by atoms with Crippen molar-refractivity contribution in [2.75, 3.05) is 6.54 Å². The van der Waals surface area contributed by atoms with E-state index in [0.717, 1.165) is 0 Å². The molecule has 1 aliphatic rings. The minimum absolute atomic E-state index is 0.394. The Labute approximate surface area is 94.6 Å². The van der Waals surface area contributed by atoms with Gasteiger partial charge >= 0.3 is 7.12 Å². The highest BCUT2D eigenvalue weighted by Gasteiger charge is 2.42. The maximum absolute atomic E-state index is 13.5. The van der Waals surface area contributed by atoms with Crippen LogP contribution in [-0.2, 0) is 4.79 Å². The summed E-state index contributed by atoms with van der Waals surface area (Å²) in [6.45, 7) is 2.86. The van der Waals surface area contributed by atoms with Crippen LogP contribution in [0.2, 0.25) is 0 Å². The molecule has 0 aromatic heterocycles. The number of alkyl halides is 1. The molecule has 1 heterocycles. The zero-order valence-electron chi connectivity index (χ0n) is 9.56. The Bertz CT molecular complexity index is 270. The molecule has 4 N–H and O–H groups in total. The van der Waals surface area contributed by atoms with E-state index in [1.807, 2.05) is 0 Å². The van der Waals surface area contributed by atoms with Crippen LogP contribution in [-0.4, -0.2) is 52.2 Å². The van der Waals surface area contributed by atoms with E-state index in [4.69, 9.17) is 15.8 Å². The molecule has 1 unspecified atom stereocenters. The summed E-state index contributed by atoms with van der Waals surface area (Å²) in [6, 6.07) is -1.27. The fourth-order valence-corrected chi connectivity index (χ4v) is 1.85. The molecule has 0 spiro atoms. The Morgan fingerprint density at radius 3 is 2.62 bits per heavy atom. The number of rotatable bonds is 3. The lowest BCUT2D eigenvalue weighted by molar-refractivity contribution is -0.135. The maximum Gasteiger partial charge on any atom is 0.475 e. The molecule has 16 heavy (non-hydrogen) atoms. The van der Waals surface area contributed by atoms with Crippen molar-refractivity contribution in [2.24, 2.45) is 5.73 Å². The first-order valence-electron chi connectivity index (χ1n) is 5.36. The van der Waals surface area contributed by atoms with Crippen molar-refractivity contribution in [3.8, 4) is 0 Å². The van der Waals surface area contributed by atoms with E-state index in [1.165, 1.54) is 18.7 Å². The normalized spacial score (nSPS) is 23.4. The molecule has 1 amide bonds. The second-order valence-electron chi connectivity index (χ2n) is 4.70. The van der Waals surface area contributed by atoms with E-state index in [1.54, 1.807) is 0 Å². The van der Waals surface area contributed by atoms with Crippen molar-refractivity contribution in [2.45, 2.75) is 44.3 Å². The van der Waals surface area contributed by atoms with Crippen LogP contribution in [0.15, 0.2) is 0 Å². The number of halogens is 1. The van der Waals surface area contributed by atoms with Crippen LogP contribution >= 0.6 is 0 Å². The molecule has 1 fully saturated rings. The van der Waals surface area contributed by atoms with Crippen LogP contribution in [0.1, 0.15) is 26.7 Å². The Kier molecular flexibility index (Phi) is 3.93. The SMILES string of the molecule is CC(C)(F)C(N)C(=O)N1CCC[C@H]1B(O)O. The van der Waals surface area contributed by atoms with Gasteiger partial charge in [0.15, 0.2) is 0 Å². The number of hydrogen-bond acceptors (Lipinski definition) is 4. The van der Waals surface area contributed by atoms with E-state index < -0.39 is 30.7 Å². The third-order valence-electron chi connectivity index (χ3n) is 2.93. The van der Waals surface area contributed by atoms with Gasteiger partial charge in [0.1, 0.15) is 11.7 Å². The van der Waals surface area contributed by atoms with Crippen molar-refractivity contribution in [3.05, 3.63) is 0 Å². The highest BCUT2D eigenvalue weighted by molar-refractivity contribution is 6.43. The topological polar surface area (TPSA) is 86.8 Å². The third kappa shape index (κ3) is 2.72. The first-order valence-corrected chi connectivity index (χ1v) is 5.36. The third-order valence-corrected chi connectivity index (χ3v) is 2.93. The molecular formula is C9H18BFN2O3. The van der Waals surface area contributed by atoms with Gasteiger partial charge in [-0.1, -0.05) is 0 Å². The van der Waals surface area contributed by atoms with Crippen molar-refractivity contribution >= 4 is 13.0 Å². The minimum Gasteiger partial charge on any atom is -0.426 e. The van der Waals surface area contributed by atoms with E-state index in [-0.39, 0.29) is 0 Å². The van der Waals surface area contributed by atoms with Crippen molar-refractivity contribution < 1.29 is 19.2 Å². The number of carbonyl (C=O) groups is 1. The largest absolute Gasteiger partial charge is 0.475 e. The minimum atomic E-state index is -1.81. The summed E-state index contributed by atoms with van der Waals surface area (Å²) in [5, 5.41) is 18.2. The summed E-state index contributed by atoms with van der Waals surface area (Å²) in [5.74, 6) is -1.23. The van der Waals surface area contributed by atoms with Crippen LogP contribution in [0.25, 0.3) is 0 Å². The average molecular weight is 232 g/mol. The number of likely N-dealkylation sites (tertiary alicyclic amines) is 1. The van der Waals surface area contributed by atoms with Crippen LogP contribution in [0.3, 0.4) is 0 Å². The molecule has 1 aliphatic heterocycles. The summed E-state index contributed by atoms with van der Waals surface area (Å²) >= 11 is 0. The Morgan fingerprint density at radius 2 is 2.19 bits per heavy atom. The second kappa shape index (κ2) is 4.69. The van der Waals surface area contributed by atoms with Gasteiger partial charge in [-0.15, -0.1) is 0 Å². The number of carbonyl (C=O) groups excluding carboxylic acids is 1. The van der Waals surface area contributed by atoms with Crippen molar-refractivity contribution in [1.29, 1.82) is 0 Å². The summed E-state index contributed by atoms with van der Waals surface area (Å²) < 4.78 is 13.5. The van der Waals surface area contributed by atoms with Gasteiger partial charge in [0.2, 0.25) is 5.91 Å². The first kappa shape index (κ1) is 13.4. The van der Waals surface area contributed by atoms with Gasteiger partial charge in [-0.05, 0) is 26.7 Å². The zero-order chi connectivity index (χ0) is 12.5. The monoisotopic (exact) mass is 232 g/mol. The zero-order valence-corrected chi connectivity index (χ0v) is 9.56. The van der Waals surface area contributed by atoms with Crippen molar-refractivity contribution in [3.63, 3.8) is 0 Å². The number of nitrogens with two attached hydrogens (primary N) is 1. The van der Waals surface area contributed by atoms with Crippen LogP contribution in [0.4, 0.5) is 4.39 Å². The molecule has 5 nitrogen and oxygen atoms in total. The molecule has 0 bridgehead atoms. The Morgan fingerprint density at radius 1 is 1.62 bits per heavy atom. The van der Waals surface area contributed by atoms with Gasteiger partial charge in [0.05, 0.1) is 5.94 Å². The number of amides is 1. The van der Waals surface area contributed by atoms with Crippen molar-refractivity contribution in [1.82, 2.24) is 4.90 Å². The summed E-state index contributed by atoms with van der Waals surface area (Å²) in [5.41, 5.74) is 3.69. The summed E-state index contributed by atoms with van der Waals surface area (Å²) in [7, 11) is -1.60. The molecular weight excluding hydrogens is 214 g/mol. The van der Waals surface area contributed by atoms with Gasteiger partial charge in [-0.3, -0.25) is 4.79 Å². The van der Waals surface area contributed by atoms with Gasteiger partial charge in [-0.25, -0.2) is 4.39 Å². The molecule has 1 rings (SSSR count). The van der Waals surface area contributed by atoms with Crippen LogP contribution in [0.5, 0.6) is 0 Å².